The Morgan fingerprint density at radius 3 is 1.81 bits per heavy atom. The van der Waals surface area contributed by atoms with Gasteiger partial charge in [0.1, 0.15) is 0 Å². The Kier molecular flexibility index (Phi) is 2.86. The van der Waals surface area contributed by atoms with Gasteiger partial charge in [-0.15, -0.1) is 0 Å². The van der Waals surface area contributed by atoms with Crippen molar-refractivity contribution >= 4 is 10.0 Å². The fourth-order valence-corrected chi connectivity index (χ4v) is 4.85. The van der Waals surface area contributed by atoms with Crippen molar-refractivity contribution in [2.75, 3.05) is 6.26 Å². The van der Waals surface area contributed by atoms with E-state index in [0.29, 0.717) is 11.3 Å². The number of hydrogen-bond donors (Lipinski definition) is 0. The van der Waals surface area contributed by atoms with Crippen molar-refractivity contribution in [2.24, 2.45) is 11.3 Å². The number of hydrogen-bond acceptors (Lipinski definition) is 2. The van der Waals surface area contributed by atoms with Crippen molar-refractivity contribution in [1.29, 1.82) is 0 Å². The fourth-order valence-electron chi connectivity index (χ4n) is 3.38. The summed E-state index contributed by atoms with van der Waals surface area (Å²) in [5.74, 6) is 0.669. The van der Waals surface area contributed by atoms with Gasteiger partial charge in [-0.3, -0.25) is 0 Å². The summed E-state index contributed by atoms with van der Waals surface area (Å²) in [5, 5.41) is 0. The lowest BCUT2D eigenvalue weighted by Gasteiger charge is -2.42. The van der Waals surface area contributed by atoms with E-state index in [2.05, 4.69) is 20.8 Å². The average Bonchev–Trinajstić information content (AvgIpc) is 2.35. The molecule has 0 spiro atoms. The highest BCUT2D eigenvalue weighted by Gasteiger charge is 2.47. The van der Waals surface area contributed by atoms with Crippen LogP contribution in [0.3, 0.4) is 0 Å². The first kappa shape index (κ1) is 12.4. The monoisotopic (exact) mass is 245 g/mol. The molecule has 0 aromatic carbocycles. The molecule has 2 atom stereocenters. The van der Waals surface area contributed by atoms with Gasteiger partial charge in [0.15, 0.2) is 0 Å². The molecule has 0 amide bonds. The van der Waals surface area contributed by atoms with Gasteiger partial charge >= 0.3 is 0 Å². The first-order valence-corrected chi connectivity index (χ1v) is 8.03. The van der Waals surface area contributed by atoms with Gasteiger partial charge in [-0.2, -0.15) is 4.31 Å². The molecule has 4 heteroatoms. The van der Waals surface area contributed by atoms with Gasteiger partial charge in [-0.1, -0.05) is 20.8 Å². The van der Waals surface area contributed by atoms with Gasteiger partial charge in [-0.25, -0.2) is 8.42 Å². The van der Waals surface area contributed by atoms with Crippen molar-refractivity contribution in [3.8, 4) is 0 Å². The third kappa shape index (κ3) is 2.14. The molecule has 2 heterocycles. The Bertz CT molecular complexity index is 355. The van der Waals surface area contributed by atoms with Crippen LogP contribution in [0.25, 0.3) is 0 Å². The Balaban J connectivity index is 2.19. The topological polar surface area (TPSA) is 37.4 Å². The van der Waals surface area contributed by atoms with Crippen LogP contribution in [0.4, 0.5) is 0 Å². The number of fused-ring (bicyclic) bond motifs is 2. The predicted molar refractivity (Wildman–Crippen MR) is 65.7 cm³/mol. The lowest BCUT2D eigenvalue weighted by atomic mass is 9.73. The highest BCUT2D eigenvalue weighted by atomic mass is 32.2. The molecule has 0 aliphatic carbocycles. The van der Waals surface area contributed by atoms with E-state index < -0.39 is 10.0 Å². The standard InChI is InChI=1S/C12H23NO2S/c1-12(2,3)9-7-10-5-6-11(8-9)13(10)16(4,14)15/h9-11H,5-8H2,1-4H3. The van der Waals surface area contributed by atoms with E-state index in [1.165, 1.54) is 6.26 Å². The molecule has 0 N–H and O–H groups in total. The highest BCUT2D eigenvalue weighted by molar-refractivity contribution is 7.88. The van der Waals surface area contributed by atoms with E-state index in [-0.39, 0.29) is 12.1 Å². The Hall–Kier alpha value is -0.0900. The number of nitrogens with zero attached hydrogens (tertiary/aromatic N) is 1. The first-order chi connectivity index (χ1) is 7.19. The largest absolute Gasteiger partial charge is 0.212 e. The summed E-state index contributed by atoms with van der Waals surface area (Å²) in [5.41, 5.74) is 0.310. The van der Waals surface area contributed by atoms with Gasteiger partial charge in [0.25, 0.3) is 0 Å². The number of piperidine rings is 1. The minimum Gasteiger partial charge on any atom is -0.212 e. The van der Waals surface area contributed by atoms with Gasteiger partial charge in [0, 0.05) is 12.1 Å². The molecular formula is C12H23NO2S. The molecule has 94 valence electrons. The van der Waals surface area contributed by atoms with Gasteiger partial charge in [0.2, 0.25) is 10.0 Å². The zero-order chi connectivity index (χ0) is 12.1. The van der Waals surface area contributed by atoms with Gasteiger partial charge in [0.05, 0.1) is 6.26 Å². The zero-order valence-electron chi connectivity index (χ0n) is 10.7. The van der Waals surface area contributed by atoms with Crippen LogP contribution in [0.15, 0.2) is 0 Å². The summed E-state index contributed by atoms with van der Waals surface area (Å²) in [6.45, 7) is 6.81. The van der Waals surface area contributed by atoms with Crippen LogP contribution in [-0.2, 0) is 10.0 Å². The smallest absolute Gasteiger partial charge is 0.211 e. The summed E-state index contributed by atoms with van der Waals surface area (Å²) < 4.78 is 25.2. The molecule has 2 aliphatic heterocycles. The van der Waals surface area contributed by atoms with E-state index in [4.69, 9.17) is 0 Å². The third-order valence-corrected chi connectivity index (χ3v) is 5.64. The minimum absolute atomic E-state index is 0.276. The van der Waals surface area contributed by atoms with E-state index in [9.17, 15) is 8.42 Å². The van der Waals surface area contributed by atoms with Crippen LogP contribution in [0.2, 0.25) is 0 Å². The Labute approximate surface area is 99.3 Å². The Morgan fingerprint density at radius 2 is 1.50 bits per heavy atom. The van der Waals surface area contributed by atoms with Crippen LogP contribution >= 0.6 is 0 Å². The lowest BCUT2D eigenvalue weighted by Crippen LogP contribution is -2.48. The average molecular weight is 245 g/mol. The lowest BCUT2D eigenvalue weighted by molar-refractivity contribution is 0.108. The summed E-state index contributed by atoms with van der Waals surface area (Å²) in [7, 11) is -3.00. The molecule has 2 fully saturated rings. The van der Waals surface area contributed by atoms with Crippen molar-refractivity contribution in [3.63, 3.8) is 0 Å². The Morgan fingerprint density at radius 1 is 1.06 bits per heavy atom. The number of rotatable bonds is 1. The molecule has 0 aromatic heterocycles. The van der Waals surface area contributed by atoms with Crippen molar-refractivity contribution in [3.05, 3.63) is 0 Å². The molecule has 0 saturated carbocycles. The summed E-state index contributed by atoms with van der Waals surface area (Å²) in [4.78, 5) is 0. The quantitative estimate of drug-likeness (QED) is 0.710. The maximum Gasteiger partial charge on any atom is 0.211 e. The molecular weight excluding hydrogens is 222 g/mol. The molecule has 16 heavy (non-hydrogen) atoms. The predicted octanol–water partition coefficient (Wildman–Crippen LogP) is 2.24. The van der Waals surface area contributed by atoms with Gasteiger partial charge < -0.3 is 0 Å². The zero-order valence-corrected chi connectivity index (χ0v) is 11.5. The van der Waals surface area contributed by atoms with Crippen LogP contribution in [-0.4, -0.2) is 31.1 Å². The molecule has 2 bridgehead atoms. The highest BCUT2D eigenvalue weighted by Crippen LogP contribution is 2.46. The number of sulfonamides is 1. The first-order valence-electron chi connectivity index (χ1n) is 6.18. The maximum absolute atomic E-state index is 11.7. The second kappa shape index (κ2) is 3.70. The second-order valence-corrected chi connectivity index (χ2v) is 8.40. The van der Waals surface area contributed by atoms with Crippen LogP contribution in [0.5, 0.6) is 0 Å². The van der Waals surface area contributed by atoms with Crippen molar-refractivity contribution in [1.82, 2.24) is 4.31 Å². The van der Waals surface area contributed by atoms with Crippen molar-refractivity contribution < 1.29 is 8.42 Å². The normalized spacial score (nSPS) is 36.6. The molecule has 3 nitrogen and oxygen atoms in total. The van der Waals surface area contributed by atoms with E-state index >= 15 is 0 Å². The van der Waals surface area contributed by atoms with Crippen LogP contribution < -0.4 is 0 Å². The van der Waals surface area contributed by atoms with Crippen LogP contribution in [0.1, 0.15) is 46.5 Å². The van der Waals surface area contributed by atoms with Crippen LogP contribution in [0, 0.1) is 11.3 Å². The fraction of sp³-hybridized carbons (Fsp3) is 1.00. The summed E-state index contributed by atoms with van der Waals surface area (Å²) >= 11 is 0. The molecule has 0 aromatic rings. The molecule has 2 aliphatic rings. The van der Waals surface area contributed by atoms with Gasteiger partial charge in [-0.05, 0) is 37.0 Å². The summed E-state index contributed by atoms with van der Waals surface area (Å²) in [6, 6.07) is 0.552. The van der Waals surface area contributed by atoms with E-state index in [0.717, 1.165) is 25.7 Å². The minimum atomic E-state index is -3.00. The molecule has 2 rings (SSSR count). The summed E-state index contributed by atoms with van der Waals surface area (Å²) in [6.07, 6.45) is 5.57. The van der Waals surface area contributed by atoms with E-state index in [1.54, 1.807) is 4.31 Å². The molecule has 0 radical (unpaired) electrons. The maximum atomic E-state index is 11.7. The molecule has 2 unspecified atom stereocenters. The second-order valence-electron chi connectivity index (χ2n) is 6.51. The molecule has 2 saturated heterocycles. The SMILES string of the molecule is CC(C)(C)C1CC2CCC(C1)N2S(C)(=O)=O. The van der Waals surface area contributed by atoms with Crippen molar-refractivity contribution in [2.45, 2.75) is 58.5 Å². The van der Waals surface area contributed by atoms with E-state index in [1.807, 2.05) is 0 Å². The third-order valence-electron chi connectivity index (χ3n) is 4.27.